The first kappa shape index (κ1) is 20.4. The molecule has 3 rings (SSSR count). The number of hydrogen-bond acceptors (Lipinski definition) is 4. The highest BCUT2D eigenvalue weighted by Gasteiger charge is 2.08. The molecular weight excluding hydrogens is 360 g/mol. The molecule has 0 unspecified atom stereocenters. The van der Waals surface area contributed by atoms with E-state index in [0.29, 0.717) is 12.1 Å². The number of rotatable bonds is 8. The van der Waals surface area contributed by atoms with Crippen LogP contribution in [0.25, 0.3) is 0 Å². The van der Waals surface area contributed by atoms with E-state index in [1.165, 1.54) is 11.1 Å². The zero-order chi connectivity index (χ0) is 20.6. The summed E-state index contributed by atoms with van der Waals surface area (Å²) in [5.41, 5.74) is 4.88. The largest absolute Gasteiger partial charge is 0.372 e. The highest BCUT2D eigenvalue weighted by atomic mass is 16.1. The predicted molar refractivity (Wildman–Crippen MR) is 121 cm³/mol. The molecule has 1 amide bonds. The Morgan fingerprint density at radius 1 is 1.00 bits per heavy atom. The summed E-state index contributed by atoms with van der Waals surface area (Å²) in [6, 6.07) is 19.9. The second kappa shape index (κ2) is 9.73. The Hall–Kier alpha value is -3.34. The molecule has 0 aliphatic carbocycles. The van der Waals surface area contributed by atoms with Gasteiger partial charge in [-0.25, -0.2) is 4.98 Å². The lowest BCUT2D eigenvalue weighted by atomic mass is 10.1. The molecule has 5 heteroatoms. The van der Waals surface area contributed by atoms with Crippen LogP contribution < -0.4 is 15.5 Å². The van der Waals surface area contributed by atoms with Crippen LogP contribution in [0.2, 0.25) is 0 Å². The Morgan fingerprint density at radius 3 is 2.38 bits per heavy atom. The molecule has 0 atom stereocenters. The van der Waals surface area contributed by atoms with Gasteiger partial charge >= 0.3 is 0 Å². The van der Waals surface area contributed by atoms with Crippen molar-refractivity contribution in [1.82, 2.24) is 4.98 Å². The van der Waals surface area contributed by atoms with Gasteiger partial charge in [-0.05, 0) is 62.7 Å². The van der Waals surface area contributed by atoms with E-state index in [0.717, 1.165) is 30.3 Å². The van der Waals surface area contributed by atoms with Crippen molar-refractivity contribution in [2.45, 2.75) is 27.3 Å². The fourth-order valence-electron chi connectivity index (χ4n) is 3.20. The summed E-state index contributed by atoms with van der Waals surface area (Å²) in [5, 5.41) is 6.21. The standard InChI is InChI=1S/C24H28N4O/c1-4-28(5-2)22-12-10-21(11-13-22)27-24(29)20-9-14-23(26-17-20)25-16-19-8-6-7-18(3)15-19/h6-15,17H,4-5,16H2,1-3H3,(H,25,26)(H,27,29). The lowest BCUT2D eigenvalue weighted by molar-refractivity contribution is 0.102. The number of aryl methyl sites for hydroxylation is 1. The molecule has 1 heterocycles. The van der Waals surface area contributed by atoms with Crippen LogP contribution in [0.4, 0.5) is 17.2 Å². The number of aromatic nitrogens is 1. The summed E-state index contributed by atoms with van der Waals surface area (Å²) >= 11 is 0. The fourth-order valence-corrected chi connectivity index (χ4v) is 3.20. The molecule has 29 heavy (non-hydrogen) atoms. The number of nitrogens with zero attached hydrogens (tertiary/aromatic N) is 2. The van der Waals surface area contributed by atoms with Crippen LogP contribution in [0.5, 0.6) is 0 Å². The number of nitrogens with one attached hydrogen (secondary N) is 2. The van der Waals surface area contributed by atoms with E-state index in [1.807, 2.05) is 36.4 Å². The normalized spacial score (nSPS) is 10.4. The minimum Gasteiger partial charge on any atom is -0.372 e. The molecule has 0 radical (unpaired) electrons. The summed E-state index contributed by atoms with van der Waals surface area (Å²) in [7, 11) is 0. The van der Waals surface area contributed by atoms with Gasteiger partial charge in [0, 0.05) is 37.2 Å². The van der Waals surface area contributed by atoms with Crippen LogP contribution >= 0.6 is 0 Å². The van der Waals surface area contributed by atoms with Crippen LogP contribution in [-0.2, 0) is 6.54 Å². The second-order valence-electron chi connectivity index (χ2n) is 6.95. The van der Waals surface area contributed by atoms with Crippen molar-refractivity contribution in [2.75, 3.05) is 28.6 Å². The number of amides is 1. The van der Waals surface area contributed by atoms with Gasteiger partial charge in [-0.1, -0.05) is 29.8 Å². The van der Waals surface area contributed by atoms with E-state index >= 15 is 0 Å². The van der Waals surface area contributed by atoms with Gasteiger partial charge in [0.25, 0.3) is 5.91 Å². The van der Waals surface area contributed by atoms with E-state index in [-0.39, 0.29) is 5.91 Å². The third-order valence-electron chi connectivity index (χ3n) is 4.84. The smallest absolute Gasteiger partial charge is 0.257 e. The molecule has 5 nitrogen and oxygen atoms in total. The third-order valence-corrected chi connectivity index (χ3v) is 4.84. The van der Waals surface area contributed by atoms with E-state index in [9.17, 15) is 4.79 Å². The maximum atomic E-state index is 12.5. The number of pyridine rings is 1. The first-order valence-electron chi connectivity index (χ1n) is 10.0. The number of benzene rings is 2. The SMILES string of the molecule is CCN(CC)c1ccc(NC(=O)c2ccc(NCc3cccc(C)c3)nc2)cc1. The fraction of sp³-hybridized carbons (Fsp3) is 0.250. The highest BCUT2D eigenvalue weighted by molar-refractivity contribution is 6.04. The summed E-state index contributed by atoms with van der Waals surface area (Å²) in [4.78, 5) is 19.1. The van der Waals surface area contributed by atoms with Crippen molar-refractivity contribution in [3.05, 3.63) is 83.6 Å². The Bertz CT molecular complexity index is 932. The van der Waals surface area contributed by atoms with Crippen LogP contribution in [0.1, 0.15) is 35.3 Å². The molecule has 0 fully saturated rings. The van der Waals surface area contributed by atoms with Gasteiger partial charge in [0.1, 0.15) is 5.82 Å². The molecule has 2 aromatic carbocycles. The summed E-state index contributed by atoms with van der Waals surface area (Å²) in [6.07, 6.45) is 1.60. The van der Waals surface area contributed by atoms with Gasteiger partial charge in [0.05, 0.1) is 5.56 Å². The average Bonchev–Trinajstić information content (AvgIpc) is 2.75. The van der Waals surface area contributed by atoms with Gasteiger partial charge in [-0.2, -0.15) is 0 Å². The van der Waals surface area contributed by atoms with Gasteiger partial charge in [-0.3, -0.25) is 4.79 Å². The van der Waals surface area contributed by atoms with Crippen LogP contribution in [0, 0.1) is 6.92 Å². The van der Waals surface area contributed by atoms with E-state index in [2.05, 4.69) is 59.5 Å². The van der Waals surface area contributed by atoms with Crippen molar-refractivity contribution in [3.63, 3.8) is 0 Å². The van der Waals surface area contributed by atoms with Gasteiger partial charge in [0.15, 0.2) is 0 Å². The molecule has 0 aliphatic heterocycles. The second-order valence-corrected chi connectivity index (χ2v) is 6.95. The first-order valence-corrected chi connectivity index (χ1v) is 10.0. The summed E-state index contributed by atoms with van der Waals surface area (Å²) in [5.74, 6) is 0.574. The van der Waals surface area contributed by atoms with Crippen molar-refractivity contribution in [2.24, 2.45) is 0 Å². The third kappa shape index (κ3) is 5.57. The molecular formula is C24H28N4O. The molecule has 2 N–H and O–H groups in total. The molecule has 1 aromatic heterocycles. The average molecular weight is 389 g/mol. The van der Waals surface area contributed by atoms with Crippen LogP contribution in [0.3, 0.4) is 0 Å². The van der Waals surface area contributed by atoms with Crippen LogP contribution in [-0.4, -0.2) is 24.0 Å². The predicted octanol–water partition coefficient (Wildman–Crippen LogP) is 5.10. The Labute approximate surface area is 172 Å². The number of carbonyl (C=O) groups excluding carboxylic acids is 1. The zero-order valence-corrected chi connectivity index (χ0v) is 17.3. The molecule has 150 valence electrons. The lowest BCUT2D eigenvalue weighted by Crippen LogP contribution is -2.21. The maximum Gasteiger partial charge on any atom is 0.257 e. The minimum atomic E-state index is -0.168. The monoisotopic (exact) mass is 388 g/mol. The van der Waals surface area contributed by atoms with Crippen molar-refractivity contribution in [3.8, 4) is 0 Å². The summed E-state index contributed by atoms with van der Waals surface area (Å²) in [6.45, 7) is 8.94. The van der Waals surface area contributed by atoms with Gasteiger partial charge < -0.3 is 15.5 Å². The highest BCUT2D eigenvalue weighted by Crippen LogP contribution is 2.18. The Balaban J connectivity index is 1.57. The number of anilines is 3. The topological polar surface area (TPSA) is 57.3 Å². The van der Waals surface area contributed by atoms with Crippen molar-refractivity contribution < 1.29 is 4.79 Å². The number of carbonyl (C=O) groups is 1. The van der Waals surface area contributed by atoms with Crippen molar-refractivity contribution in [1.29, 1.82) is 0 Å². The van der Waals surface area contributed by atoms with Gasteiger partial charge in [0.2, 0.25) is 0 Å². The molecule has 0 aliphatic rings. The molecule has 0 saturated carbocycles. The van der Waals surface area contributed by atoms with E-state index in [4.69, 9.17) is 0 Å². The molecule has 0 bridgehead atoms. The lowest BCUT2D eigenvalue weighted by Gasteiger charge is -2.21. The quantitative estimate of drug-likeness (QED) is 0.564. The molecule has 0 saturated heterocycles. The Kier molecular flexibility index (Phi) is 6.85. The van der Waals surface area contributed by atoms with E-state index in [1.54, 1.807) is 12.3 Å². The van der Waals surface area contributed by atoms with E-state index < -0.39 is 0 Å². The summed E-state index contributed by atoms with van der Waals surface area (Å²) < 4.78 is 0. The number of hydrogen-bond donors (Lipinski definition) is 2. The molecule has 3 aromatic rings. The Morgan fingerprint density at radius 2 is 1.76 bits per heavy atom. The molecule has 0 spiro atoms. The zero-order valence-electron chi connectivity index (χ0n) is 17.3. The minimum absolute atomic E-state index is 0.168. The van der Waals surface area contributed by atoms with Crippen LogP contribution in [0.15, 0.2) is 66.9 Å². The first-order chi connectivity index (χ1) is 14.1. The van der Waals surface area contributed by atoms with Crippen molar-refractivity contribution >= 4 is 23.1 Å². The maximum absolute atomic E-state index is 12.5. The van der Waals surface area contributed by atoms with Gasteiger partial charge in [-0.15, -0.1) is 0 Å².